The lowest BCUT2D eigenvalue weighted by Gasteiger charge is -2.18. The van der Waals surface area contributed by atoms with Crippen molar-refractivity contribution in [3.63, 3.8) is 0 Å². The molecule has 12 rings (SSSR count). The largest absolute Gasteiger partial charge is 0.296 e. The number of aryl methyl sites for hydroxylation is 1. The fourth-order valence-electron chi connectivity index (χ4n) is 9.28. The van der Waals surface area contributed by atoms with Crippen LogP contribution < -0.4 is 0 Å². The number of nitrogens with zero attached hydrogens (tertiary/aromatic N) is 5. The van der Waals surface area contributed by atoms with E-state index in [1.807, 2.05) is 18.2 Å². The van der Waals surface area contributed by atoms with E-state index in [1.54, 1.807) is 0 Å². The van der Waals surface area contributed by atoms with Gasteiger partial charge in [-0.1, -0.05) is 177 Å². The van der Waals surface area contributed by atoms with Gasteiger partial charge in [-0.3, -0.25) is 4.57 Å². The standard InChI is InChI=1S/C58H39N5/c1-2-51-60-57-50(63(51)46-21-7-4-8-22-46)34-33-48-47-23-13-14-24-49(47)59-54(53(48)57)40-29-27-39(28-30-40)52-55(44-31-25-37-15-9-11-19-42(37)35-44)61-58(41-17-5-3-6-18-41)62-56(52)45-32-26-38-16-10-12-20-43(38)36-45/h3-36H,2H2,1H3. The molecule has 0 radical (unpaired) electrons. The SMILES string of the molecule is CCc1nc2c3c(-c4ccc(-c5c(-c6ccc7ccccc7c6)nc(-c6ccccc6)nc5-c5ccc6ccccc6c5)cc4)nc4ccccc4c3ccc2n1-c1ccccc1. The van der Waals surface area contributed by atoms with Gasteiger partial charge >= 0.3 is 0 Å². The smallest absolute Gasteiger partial charge is 0.160 e. The quantitative estimate of drug-likeness (QED) is 0.151. The number of rotatable bonds is 7. The second kappa shape index (κ2) is 15.0. The average molecular weight is 806 g/mol. The molecule has 0 amide bonds. The van der Waals surface area contributed by atoms with Crippen molar-refractivity contribution in [3.05, 3.63) is 212 Å². The van der Waals surface area contributed by atoms with Gasteiger partial charge in [0.1, 0.15) is 5.82 Å². The van der Waals surface area contributed by atoms with E-state index < -0.39 is 0 Å². The van der Waals surface area contributed by atoms with Gasteiger partial charge < -0.3 is 0 Å². The van der Waals surface area contributed by atoms with E-state index in [4.69, 9.17) is 19.9 Å². The molecule has 0 N–H and O–H groups in total. The van der Waals surface area contributed by atoms with Gasteiger partial charge in [-0.05, 0) is 68.9 Å². The molecule has 5 heteroatoms. The highest BCUT2D eigenvalue weighted by Gasteiger charge is 2.23. The van der Waals surface area contributed by atoms with Gasteiger partial charge in [-0.2, -0.15) is 0 Å². The van der Waals surface area contributed by atoms with Gasteiger partial charge in [0.2, 0.25) is 0 Å². The molecule has 9 aromatic carbocycles. The number of pyridine rings is 1. The van der Waals surface area contributed by atoms with Crippen LogP contribution in [0.5, 0.6) is 0 Å². The number of imidazole rings is 1. The summed E-state index contributed by atoms with van der Waals surface area (Å²) in [6.07, 6.45) is 0.792. The molecule has 0 aliphatic heterocycles. The molecule has 0 aliphatic rings. The highest BCUT2D eigenvalue weighted by Crippen LogP contribution is 2.43. The predicted molar refractivity (Wildman–Crippen MR) is 261 cm³/mol. The van der Waals surface area contributed by atoms with Crippen molar-refractivity contribution in [2.45, 2.75) is 13.3 Å². The second-order valence-electron chi connectivity index (χ2n) is 16.1. The maximum atomic E-state index is 5.44. The van der Waals surface area contributed by atoms with E-state index in [0.29, 0.717) is 5.82 Å². The Bertz CT molecular complexity index is 3600. The molecular weight excluding hydrogens is 767 g/mol. The minimum absolute atomic E-state index is 0.680. The summed E-state index contributed by atoms with van der Waals surface area (Å²) in [7, 11) is 0. The number of hydrogen-bond acceptors (Lipinski definition) is 4. The first-order valence-corrected chi connectivity index (χ1v) is 21.5. The van der Waals surface area contributed by atoms with Gasteiger partial charge in [0.05, 0.1) is 33.6 Å². The molecule has 0 saturated heterocycles. The first-order valence-electron chi connectivity index (χ1n) is 21.5. The minimum atomic E-state index is 0.680. The summed E-state index contributed by atoms with van der Waals surface area (Å²) in [6, 6.07) is 72.8. The Kier molecular flexibility index (Phi) is 8.71. The minimum Gasteiger partial charge on any atom is -0.296 e. The summed E-state index contributed by atoms with van der Waals surface area (Å²) < 4.78 is 2.29. The fourth-order valence-corrected chi connectivity index (χ4v) is 9.28. The van der Waals surface area contributed by atoms with Gasteiger partial charge in [-0.25, -0.2) is 19.9 Å². The van der Waals surface area contributed by atoms with Crippen molar-refractivity contribution in [1.82, 2.24) is 24.5 Å². The molecule has 3 aromatic heterocycles. The van der Waals surface area contributed by atoms with Crippen LogP contribution in [0.1, 0.15) is 12.7 Å². The molecule has 3 heterocycles. The Balaban J connectivity index is 1.11. The zero-order valence-corrected chi connectivity index (χ0v) is 34.6. The predicted octanol–water partition coefficient (Wildman–Crippen LogP) is 14.7. The summed E-state index contributed by atoms with van der Waals surface area (Å²) >= 11 is 0. The van der Waals surface area contributed by atoms with E-state index in [2.05, 4.69) is 200 Å². The summed E-state index contributed by atoms with van der Waals surface area (Å²) in [4.78, 5) is 21.7. The van der Waals surface area contributed by atoms with Crippen molar-refractivity contribution in [3.8, 4) is 62.0 Å². The maximum absolute atomic E-state index is 5.44. The number of para-hydroxylation sites is 2. The maximum Gasteiger partial charge on any atom is 0.160 e. The van der Waals surface area contributed by atoms with E-state index >= 15 is 0 Å². The summed E-state index contributed by atoms with van der Waals surface area (Å²) in [6.45, 7) is 2.17. The number of benzene rings is 9. The molecule has 0 saturated carbocycles. The number of hydrogen-bond donors (Lipinski definition) is 0. The van der Waals surface area contributed by atoms with Gasteiger partial charge in [0.25, 0.3) is 0 Å². The Morgan fingerprint density at radius 1 is 0.397 bits per heavy atom. The first kappa shape index (κ1) is 36.6. The lowest BCUT2D eigenvalue weighted by Crippen LogP contribution is -2.01. The van der Waals surface area contributed by atoms with Crippen LogP contribution in [0.2, 0.25) is 0 Å². The van der Waals surface area contributed by atoms with Crippen LogP contribution in [0.25, 0.3) is 116 Å². The van der Waals surface area contributed by atoms with E-state index in [-0.39, 0.29) is 0 Å². The van der Waals surface area contributed by atoms with Gasteiger partial charge in [0, 0.05) is 50.7 Å². The molecule has 296 valence electrons. The molecule has 0 spiro atoms. The van der Waals surface area contributed by atoms with E-state index in [0.717, 1.165) is 112 Å². The summed E-state index contributed by atoms with van der Waals surface area (Å²) in [5, 5.41) is 7.97. The molecule has 0 bridgehead atoms. The van der Waals surface area contributed by atoms with Crippen molar-refractivity contribution < 1.29 is 0 Å². The molecule has 0 atom stereocenters. The Morgan fingerprint density at radius 3 is 1.60 bits per heavy atom. The number of aromatic nitrogens is 5. The van der Waals surface area contributed by atoms with Crippen LogP contribution in [0.15, 0.2) is 206 Å². The van der Waals surface area contributed by atoms with E-state index in [9.17, 15) is 0 Å². The third-order valence-corrected chi connectivity index (χ3v) is 12.3. The fraction of sp³-hybridized carbons (Fsp3) is 0.0345. The summed E-state index contributed by atoms with van der Waals surface area (Å²) in [5.74, 6) is 1.69. The molecule has 12 aromatic rings. The van der Waals surface area contributed by atoms with Crippen molar-refractivity contribution >= 4 is 54.3 Å². The first-order chi connectivity index (χ1) is 31.2. The topological polar surface area (TPSA) is 56.5 Å². The van der Waals surface area contributed by atoms with Crippen molar-refractivity contribution in [1.29, 1.82) is 0 Å². The third-order valence-electron chi connectivity index (χ3n) is 12.3. The third kappa shape index (κ3) is 6.24. The molecule has 63 heavy (non-hydrogen) atoms. The van der Waals surface area contributed by atoms with Crippen molar-refractivity contribution in [2.75, 3.05) is 0 Å². The van der Waals surface area contributed by atoms with Gasteiger partial charge in [-0.15, -0.1) is 0 Å². The van der Waals surface area contributed by atoms with Crippen LogP contribution in [-0.4, -0.2) is 24.5 Å². The Labute approximate surface area is 364 Å². The van der Waals surface area contributed by atoms with Crippen LogP contribution in [0.3, 0.4) is 0 Å². The normalized spacial score (nSPS) is 11.6. The zero-order chi connectivity index (χ0) is 41.9. The monoisotopic (exact) mass is 805 g/mol. The average Bonchev–Trinajstić information content (AvgIpc) is 3.75. The molecule has 0 unspecified atom stereocenters. The van der Waals surface area contributed by atoms with Crippen LogP contribution in [0.4, 0.5) is 0 Å². The van der Waals surface area contributed by atoms with Crippen molar-refractivity contribution in [2.24, 2.45) is 0 Å². The lowest BCUT2D eigenvalue weighted by molar-refractivity contribution is 0.908. The molecule has 5 nitrogen and oxygen atoms in total. The molecule has 0 fully saturated rings. The molecule has 0 aliphatic carbocycles. The summed E-state index contributed by atoms with van der Waals surface area (Å²) in [5.41, 5.74) is 12.7. The van der Waals surface area contributed by atoms with Crippen LogP contribution in [0, 0.1) is 0 Å². The van der Waals surface area contributed by atoms with E-state index in [1.165, 1.54) is 10.8 Å². The second-order valence-corrected chi connectivity index (χ2v) is 16.1. The Hall–Kier alpha value is -8.28. The number of fused-ring (bicyclic) bond motifs is 7. The zero-order valence-electron chi connectivity index (χ0n) is 34.6. The van der Waals surface area contributed by atoms with Gasteiger partial charge in [0.15, 0.2) is 5.82 Å². The highest BCUT2D eigenvalue weighted by molar-refractivity contribution is 6.20. The molecular formula is C58H39N5. The lowest BCUT2D eigenvalue weighted by atomic mass is 9.91. The van der Waals surface area contributed by atoms with Crippen LogP contribution in [-0.2, 0) is 6.42 Å². The Morgan fingerprint density at radius 2 is 0.952 bits per heavy atom. The highest BCUT2D eigenvalue weighted by atomic mass is 15.1. The van der Waals surface area contributed by atoms with Crippen LogP contribution >= 0.6 is 0 Å².